The third-order valence-corrected chi connectivity index (χ3v) is 3.34. The van der Waals surface area contributed by atoms with Gasteiger partial charge in [0.15, 0.2) is 11.5 Å². The second-order valence-corrected chi connectivity index (χ2v) is 4.83. The second kappa shape index (κ2) is 5.89. The smallest absolute Gasteiger partial charge is 0.262 e. The lowest BCUT2D eigenvalue weighted by Gasteiger charge is -2.09. The standard InChI is InChI=1S/C17H16N2O3/c1-11-6-4-7-12(10-11)16-18-17(22-19-16)13-8-5-9-14(20-2)15(13)21-3/h4-10H,1-3H3. The maximum absolute atomic E-state index is 5.40. The Bertz CT molecular complexity index is 796. The molecule has 3 rings (SSSR count). The molecule has 0 aliphatic heterocycles. The molecule has 0 atom stereocenters. The maximum Gasteiger partial charge on any atom is 0.262 e. The molecule has 0 saturated heterocycles. The molecule has 1 aromatic heterocycles. The Morgan fingerprint density at radius 1 is 1.00 bits per heavy atom. The quantitative estimate of drug-likeness (QED) is 0.734. The first-order valence-corrected chi connectivity index (χ1v) is 6.85. The van der Waals surface area contributed by atoms with Gasteiger partial charge < -0.3 is 14.0 Å². The van der Waals surface area contributed by atoms with Crippen LogP contribution in [-0.2, 0) is 0 Å². The molecule has 112 valence electrons. The van der Waals surface area contributed by atoms with Crippen LogP contribution in [0.2, 0.25) is 0 Å². The monoisotopic (exact) mass is 296 g/mol. The van der Waals surface area contributed by atoms with Gasteiger partial charge >= 0.3 is 0 Å². The Balaban J connectivity index is 2.05. The second-order valence-electron chi connectivity index (χ2n) is 4.83. The van der Waals surface area contributed by atoms with Crippen LogP contribution in [0.5, 0.6) is 11.5 Å². The number of ether oxygens (including phenoxy) is 2. The van der Waals surface area contributed by atoms with E-state index in [-0.39, 0.29) is 0 Å². The van der Waals surface area contributed by atoms with E-state index in [0.717, 1.165) is 11.1 Å². The largest absolute Gasteiger partial charge is 0.493 e. The lowest BCUT2D eigenvalue weighted by molar-refractivity contribution is 0.353. The van der Waals surface area contributed by atoms with Crippen molar-refractivity contribution in [2.75, 3.05) is 14.2 Å². The highest BCUT2D eigenvalue weighted by atomic mass is 16.5. The van der Waals surface area contributed by atoms with Gasteiger partial charge in [-0.05, 0) is 25.1 Å². The molecule has 3 aromatic rings. The molecule has 0 saturated carbocycles. The Labute approximate surface area is 128 Å². The molecule has 1 heterocycles. The molecule has 0 fully saturated rings. The SMILES string of the molecule is COc1cccc(-c2nc(-c3cccc(C)c3)no2)c1OC. The third-order valence-electron chi connectivity index (χ3n) is 3.34. The predicted octanol–water partition coefficient (Wildman–Crippen LogP) is 3.73. The van der Waals surface area contributed by atoms with Crippen LogP contribution < -0.4 is 9.47 Å². The highest BCUT2D eigenvalue weighted by Crippen LogP contribution is 2.37. The molecular weight excluding hydrogens is 280 g/mol. The van der Waals surface area contributed by atoms with Gasteiger partial charge in [0.05, 0.1) is 19.8 Å². The average Bonchev–Trinajstić information content (AvgIpc) is 3.03. The van der Waals surface area contributed by atoms with E-state index >= 15 is 0 Å². The van der Waals surface area contributed by atoms with Crippen molar-refractivity contribution in [3.63, 3.8) is 0 Å². The van der Waals surface area contributed by atoms with E-state index in [4.69, 9.17) is 14.0 Å². The van der Waals surface area contributed by atoms with Crippen LogP contribution in [0.3, 0.4) is 0 Å². The van der Waals surface area contributed by atoms with Crippen molar-refractivity contribution >= 4 is 0 Å². The molecule has 22 heavy (non-hydrogen) atoms. The van der Waals surface area contributed by atoms with Gasteiger partial charge in [0.1, 0.15) is 0 Å². The molecule has 0 bridgehead atoms. The van der Waals surface area contributed by atoms with Gasteiger partial charge in [-0.2, -0.15) is 4.98 Å². The molecule has 0 N–H and O–H groups in total. The summed E-state index contributed by atoms with van der Waals surface area (Å²) in [5.74, 6) is 2.13. The zero-order valence-corrected chi connectivity index (χ0v) is 12.7. The van der Waals surface area contributed by atoms with Crippen molar-refractivity contribution in [2.45, 2.75) is 6.92 Å². The zero-order valence-electron chi connectivity index (χ0n) is 12.7. The number of para-hydroxylation sites is 1. The van der Waals surface area contributed by atoms with Crippen LogP contribution in [0.1, 0.15) is 5.56 Å². The summed E-state index contributed by atoms with van der Waals surface area (Å²) in [6, 6.07) is 13.5. The van der Waals surface area contributed by atoms with Crippen molar-refractivity contribution in [2.24, 2.45) is 0 Å². The number of methoxy groups -OCH3 is 2. The van der Waals surface area contributed by atoms with Crippen LogP contribution in [0.15, 0.2) is 47.0 Å². The van der Waals surface area contributed by atoms with Crippen LogP contribution in [0, 0.1) is 6.92 Å². The minimum Gasteiger partial charge on any atom is -0.493 e. The van der Waals surface area contributed by atoms with Gasteiger partial charge in [0.25, 0.3) is 5.89 Å². The number of aromatic nitrogens is 2. The number of benzene rings is 2. The fourth-order valence-corrected chi connectivity index (χ4v) is 2.29. The van der Waals surface area contributed by atoms with Crippen LogP contribution >= 0.6 is 0 Å². The molecule has 0 unspecified atom stereocenters. The molecule has 5 heteroatoms. The van der Waals surface area contributed by atoms with E-state index in [1.807, 2.05) is 49.4 Å². The Hall–Kier alpha value is -2.82. The first kappa shape index (κ1) is 14.1. The summed E-state index contributed by atoms with van der Waals surface area (Å²) in [4.78, 5) is 4.46. The van der Waals surface area contributed by atoms with Gasteiger partial charge in [0, 0.05) is 5.56 Å². The average molecular weight is 296 g/mol. The molecule has 0 spiro atoms. The summed E-state index contributed by atoms with van der Waals surface area (Å²) in [7, 11) is 3.17. The summed E-state index contributed by atoms with van der Waals surface area (Å²) in [6.07, 6.45) is 0. The number of hydrogen-bond acceptors (Lipinski definition) is 5. The van der Waals surface area contributed by atoms with E-state index in [1.54, 1.807) is 14.2 Å². The lowest BCUT2D eigenvalue weighted by atomic mass is 10.1. The summed E-state index contributed by atoms with van der Waals surface area (Å²) >= 11 is 0. The van der Waals surface area contributed by atoms with E-state index in [2.05, 4.69) is 10.1 Å². The maximum atomic E-state index is 5.40. The molecular formula is C17H16N2O3. The number of nitrogens with zero attached hydrogens (tertiary/aromatic N) is 2. The summed E-state index contributed by atoms with van der Waals surface area (Å²) in [6.45, 7) is 2.02. The fraction of sp³-hybridized carbons (Fsp3) is 0.176. The topological polar surface area (TPSA) is 57.4 Å². The van der Waals surface area contributed by atoms with E-state index in [0.29, 0.717) is 28.8 Å². The fourth-order valence-electron chi connectivity index (χ4n) is 2.29. The van der Waals surface area contributed by atoms with E-state index < -0.39 is 0 Å². The van der Waals surface area contributed by atoms with Crippen LogP contribution in [0.25, 0.3) is 22.8 Å². The Kier molecular flexibility index (Phi) is 3.78. The molecule has 5 nitrogen and oxygen atoms in total. The van der Waals surface area contributed by atoms with Gasteiger partial charge in [0.2, 0.25) is 5.82 Å². The Morgan fingerprint density at radius 2 is 1.82 bits per heavy atom. The highest BCUT2D eigenvalue weighted by Gasteiger charge is 2.17. The number of rotatable bonds is 4. The van der Waals surface area contributed by atoms with E-state index in [1.165, 1.54) is 0 Å². The summed E-state index contributed by atoms with van der Waals surface area (Å²) in [5.41, 5.74) is 2.76. The number of aryl methyl sites for hydroxylation is 1. The normalized spacial score (nSPS) is 10.5. The molecule has 0 radical (unpaired) electrons. The summed E-state index contributed by atoms with van der Waals surface area (Å²) in [5, 5.41) is 4.05. The van der Waals surface area contributed by atoms with Gasteiger partial charge in [-0.3, -0.25) is 0 Å². The first-order chi connectivity index (χ1) is 10.7. The predicted molar refractivity (Wildman–Crippen MR) is 83.0 cm³/mol. The van der Waals surface area contributed by atoms with Crippen molar-refractivity contribution in [3.05, 3.63) is 48.0 Å². The first-order valence-electron chi connectivity index (χ1n) is 6.85. The molecule has 2 aromatic carbocycles. The van der Waals surface area contributed by atoms with Crippen LogP contribution in [0.4, 0.5) is 0 Å². The third kappa shape index (κ3) is 2.53. The van der Waals surface area contributed by atoms with Crippen LogP contribution in [-0.4, -0.2) is 24.4 Å². The minimum absolute atomic E-state index is 0.396. The zero-order chi connectivity index (χ0) is 15.5. The number of hydrogen-bond donors (Lipinski definition) is 0. The van der Waals surface area contributed by atoms with Crippen molar-refractivity contribution in [1.29, 1.82) is 0 Å². The van der Waals surface area contributed by atoms with Gasteiger partial charge in [-0.1, -0.05) is 35.0 Å². The van der Waals surface area contributed by atoms with Crippen molar-refractivity contribution in [3.8, 4) is 34.3 Å². The lowest BCUT2D eigenvalue weighted by Crippen LogP contribution is -1.93. The molecule has 0 aliphatic carbocycles. The highest BCUT2D eigenvalue weighted by molar-refractivity contribution is 5.69. The van der Waals surface area contributed by atoms with Gasteiger partial charge in [-0.25, -0.2) is 0 Å². The van der Waals surface area contributed by atoms with E-state index in [9.17, 15) is 0 Å². The minimum atomic E-state index is 0.396. The van der Waals surface area contributed by atoms with Gasteiger partial charge in [-0.15, -0.1) is 0 Å². The summed E-state index contributed by atoms with van der Waals surface area (Å²) < 4.78 is 16.1. The van der Waals surface area contributed by atoms with Crippen molar-refractivity contribution < 1.29 is 14.0 Å². The molecule has 0 aliphatic rings. The Morgan fingerprint density at radius 3 is 2.55 bits per heavy atom. The molecule has 0 amide bonds. The van der Waals surface area contributed by atoms with Crippen molar-refractivity contribution in [1.82, 2.24) is 10.1 Å².